The lowest BCUT2D eigenvalue weighted by Gasteiger charge is -2.30. The molecule has 21 heavy (non-hydrogen) atoms. The highest BCUT2D eigenvalue weighted by molar-refractivity contribution is 5.08. The Morgan fingerprint density at radius 1 is 1.48 bits per heavy atom. The van der Waals surface area contributed by atoms with Gasteiger partial charge in [-0.15, -0.1) is 0 Å². The van der Waals surface area contributed by atoms with E-state index in [-0.39, 0.29) is 0 Å². The normalized spacial score (nSPS) is 24.1. The molecular weight excluding hydrogens is 262 g/mol. The van der Waals surface area contributed by atoms with Crippen LogP contribution in [-0.2, 0) is 6.42 Å². The maximum Gasteiger partial charge on any atom is 0.103 e. The van der Waals surface area contributed by atoms with Crippen molar-refractivity contribution in [2.24, 2.45) is 0 Å². The van der Waals surface area contributed by atoms with Crippen molar-refractivity contribution in [1.29, 1.82) is 0 Å². The summed E-state index contributed by atoms with van der Waals surface area (Å²) in [6.07, 6.45) is 11.6. The molecule has 1 aliphatic heterocycles. The minimum atomic E-state index is 0.437. The third kappa shape index (κ3) is 3.38. The van der Waals surface area contributed by atoms with Gasteiger partial charge in [0, 0.05) is 30.7 Å². The summed E-state index contributed by atoms with van der Waals surface area (Å²) in [5.41, 5.74) is 1.33. The van der Waals surface area contributed by atoms with Crippen LogP contribution in [-0.4, -0.2) is 15.6 Å². The number of nitrogens with one attached hydrogen (secondary N) is 1. The molecule has 0 saturated carbocycles. The van der Waals surface area contributed by atoms with E-state index < -0.39 is 0 Å². The molecular formula is C17H25N3O. The predicted octanol–water partition coefficient (Wildman–Crippen LogP) is 3.87. The summed E-state index contributed by atoms with van der Waals surface area (Å²) in [6, 6.07) is 5.49. The number of hydrogen-bond donors (Lipinski definition) is 1. The zero-order valence-corrected chi connectivity index (χ0v) is 13.0. The van der Waals surface area contributed by atoms with Crippen LogP contribution in [0, 0.1) is 0 Å². The summed E-state index contributed by atoms with van der Waals surface area (Å²) < 4.78 is 7.76. The number of imidazole rings is 1. The van der Waals surface area contributed by atoms with E-state index in [1.165, 1.54) is 25.0 Å². The Labute approximate surface area is 126 Å². The fraction of sp³-hybridized carbons (Fsp3) is 0.588. The van der Waals surface area contributed by atoms with Crippen molar-refractivity contribution in [3.63, 3.8) is 0 Å². The summed E-state index contributed by atoms with van der Waals surface area (Å²) in [5, 5.41) is 3.70. The largest absolute Gasteiger partial charge is 0.469 e. The first kappa shape index (κ1) is 14.4. The molecule has 4 heteroatoms. The van der Waals surface area contributed by atoms with Crippen molar-refractivity contribution < 1.29 is 4.42 Å². The number of piperidine rings is 1. The van der Waals surface area contributed by atoms with E-state index in [2.05, 4.69) is 28.7 Å². The van der Waals surface area contributed by atoms with Crippen molar-refractivity contribution in [2.75, 3.05) is 0 Å². The van der Waals surface area contributed by atoms with Crippen molar-refractivity contribution in [3.05, 3.63) is 42.4 Å². The van der Waals surface area contributed by atoms with Gasteiger partial charge >= 0.3 is 0 Å². The third-order valence-corrected chi connectivity index (χ3v) is 4.53. The van der Waals surface area contributed by atoms with Crippen LogP contribution in [0.3, 0.4) is 0 Å². The van der Waals surface area contributed by atoms with E-state index >= 15 is 0 Å². The smallest absolute Gasteiger partial charge is 0.103 e. The predicted molar refractivity (Wildman–Crippen MR) is 83.2 cm³/mol. The first-order chi connectivity index (χ1) is 10.2. The number of furan rings is 1. The second-order valence-corrected chi connectivity index (χ2v) is 6.24. The molecule has 1 saturated heterocycles. The van der Waals surface area contributed by atoms with Gasteiger partial charge in [0.1, 0.15) is 5.76 Å². The molecule has 114 valence electrons. The fourth-order valence-corrected chi connectivity index (χ4v) is 3.27. The van der Waals surface area contributed by atoms with Gasteiger partial charge in [-0.3, -0.25) is 0 Å². The Hall–Kier alpha value is -1.55. The Bertz CT molecular complexity index is 546. The Morgan fingerprint density at radius 2 is 2.38 bits per heavy atom. The lowest BCUT2D eigenvalue weighted by atomic mass is 9.97. The molecule has 3 atom stereocenters. The average molecular weight is 287 g/mol. The van der Waals surface area contributed by atoms with Crippen LogP contribution in [0.15, 0.2) is 35.3 Å². The maximum absolute atomic E-state index is 5.42. The number of aromatic nitrogens is 2. The van der Waals surface area contributed by atoms with E-state index in [0.717, 1.165) is 18.6 Å². The third-order valence-electron chi connectivity index (χ3n) is 4.53. The van der Waals surface area contributed by atoms with Gasteiger partial charge in [-0.05, 0) is 51.7 Å². The van der Waals surface area contributed by atoms with Crippen LogP contribution in [0.25, 0.3) is 0 Å². The van der Waals surface area contributed by atoms with Gasteiger partial charge in [-0.2, -0.15) is 0 Å². The minimum Gasteiger partial charge on any atom is -0.469 e. The monoisotopic (exact) mass is 287 g/mol. The van der Waals surface area contributed by atoms with E-state index in [4.69, 9.17) is 4.42 Å². The van der Waals surface area contributed by atoms with Gasteiger partial charge in [0.05, 0.1) is 18.3 Å². The van der Waals surface area contributed by atoms with Crippen LogP contribution in [0.5, 0.6) is 0 Å². The Balaban J connectivity index is 1.66. The van der Waals surface area contributed by atoms with Gasteiger partial charge in [-0.25, -0.2) is 4.98 Å². The molecule has 4 nitrogen and oxygen atoms in total. The molecule has 0 aliphatic carbocycles. The standard InChI is InChI=1S/C17H25N3O/c1-13-5-3-7-16(19-13)17-11-18-12-20(17)14(2)8-9-15-6-4-10-21-15/h4,6,10-14,16,19H,3,5,7-9H2,1-2H3. The average Bonchev–Trinajstić information content (AvgIpc) is 3.16. The van der Waals surface area contributed by atoms with Crippen LogP contribution < -0.4 is 5.32 Å². The molecule has 1 aliphatic rings. The highest BCUT2D eigenvalue weighted by Crippen LogP contribution is 2.28. The second kappa shape index (κ2) is 6.48. The van der Waals surface area contributed by atoms with Crippen LogP contribution in [0.2, 0.25) is 0 Å². The summed E-state index contributed by atoms with van der Waals surface area (Å²) in [7, 11) is 0. The van der Waals surface area contributed by atoms with Crippen molar-refractivity contribution >= 4 is 0 Å². The van der Waals surface area contributed by atoms with Gasteiger partial charge in [0.15, 0.2) is 0 Å². The Kier molecular flexibility index (Phi) is 4.44. The molecule has 3 unspecified atom stereocenters. The highest BCUT2D eigenvalue weighted by Gasteiger charge is 2.23. The minimum absolute atomic E-state index is 0.437. The van der Waals surface area contributed by atoms with Crippen LogP contribution in [0.4, 0.5) is 0 Å². The van der Waals surface area contributed by atoms with Crippen molar-refractivity contribution in [2.45, 2.75) is 64.1 Å². The van der Waals surface area contributed by atoms with Gasteiger partial charge in [0.25, 0.3) is 0 Å². The molecule has 0 bridgehead atoms. The lowest BCUT2D eigenvalue weighted by molar-refractivity contribution is 0.321. The van der Waals surface area contributed by atoms with E-state index in [0.29, 0.717) is 18.1 Å². The van der Waals surface area contributed by atoms with E-state index in [9.17, 15) is 0 Å². The van der Waals surface area contributed by atoms with Gasteiger partial charge in [0.2, 0.25) is 0 Å². The van der Waals surface area contributed by atoms with Crippen molar-refractivity contribution in [3.8, 4) is 0 Å². The van der Waals surface area contributed by atoms with Crippen LogP contribution in [0.1, 0.15) is 63.1 Å². The van der Waals surface area contributed by atoms with Gasteiger partial charge < -0.3 is 14.3 Å². The zero-order valence-electron chi connectivity index (χ0n) is 13.0. The summed E-state index contributed by atoms with van der Waals surface area (Å²) in [6.45, 7) is 4.54. The van der Waals surface area contributed by atoms with Crippen molar-refractivity contribution in [1.82, 2.24) is 14.9 Å². The van der Waals surface area contributed by atoms with E-state index in [1.807, 2.05) is 24.7 Å². The van der Waals surface area contributed by atoms with Crippen LogP contribution >= 0.6 is 0 Å². The second-order valence-electron chi connectivity index (χ2n) is 6.24. The first-order valence-electron chi connectivity index (χ1n) is 8.04. The Morgan fingerprint density at radius 3 is 3.14 bits per heavy atom. The summed E-state index contributed by atoms with van der Waals surface area (Å²) >= 11 is 0. The number of nitrogens with zero attached hydrogens (tertiary/aromatic N) is 2. The first-order valence-corrected chi connectivity index (χ1v) is 8.04. The molecule has 3 heterocycles. The summed E-state index contributed by atoms with van der Waals surface area (Å²) in [4.78, 5) is 4.39. The molecule has 3 rings (SSSR count). The summed E-state index contributed by atoms with van der Waals surface area (Å²) in [5.74, 6) is 1.06. The molecule has 0 spiro atoms. The highest BCUT2D eigenvalue weighted by atomic mass is 16.3. The maximum atomic E-state index is 5.42. The fourth-order valence-electron chi connectivity index (χ4n) is 3.27. The molecule has 0 radical (unpaired) electrons. The number of hydrogen-bond acceptors (Lipinski definition) is 3. The molecule has 0 amide bonds. The molecule has 2 aromatic rings. The SMILES string of the molecule is CC1CCCC(c2cncn2C(C)CCc2ccco2)N1. The number of rotatable bonds is 5. The molecule has 0 aromatic carbocycles. The van der Waals surface area contributed by atoms with E-state index in [1.54, 1.807) is 6.26 Å². The lowest BCUT2D eigenvalue weighted by Crippen LogP contribution is -2.35. The molecule has 2 aromatic heterocycles. The zero-order chi connectivity index (χ0) is 14.7. The quantitative estimate of drug-likeness (QED) is 0.907. The number of aryl methyl sites for hydroxylation is 1. The molecule has 1 N–H and O–H groups in total. The molecule has 1 fully saturated rings. The van der Waals surface area contributed by atoms with Gasteiger partial charge in [-0.1, -0.05) is 0 Å². The topological polar surface area (TPSA) is 43.0 Å².